The van der Waals surface area contributed by atoms with Crippen LogP contribution in [0.5, 0.6) is 0 Å². The van der Waals surface area contributed by atoms with Gasteiger partial charge in [0.05, 0.1) is 16.9 Å². The van der Waals surface area contributed by atoms with Crippen LogP contribution in [-0.2, 0) is 9.59 Å². The Morgan fingerprint density at radius 2 is 1.97 bits per heavy atom. The fourth-order valence-corrected chi connectivity index (χ4v) is 4.47. The number of benzene rings is 1. The van der Waals surface area contributed by atoms with Gasteiger partial charge in [0.15, 0.2) is 5.78 Å². The number of carbonyl (C=O) groups excluding carboxylic acids is 3. The van der Waals surface area contributed by atoms with Crippen LogP contribution in [0.4, 0.5) is 0 Å². The fourth-order valence-electron chi connectivity index (χ4n) is 4.33. The molecule has 1 aliphatic rings. The van der Waals surface area contributed by atoms with Crippen molar-refractivity contribution in [3.8, 4) is 5.69 Å². The van der Waals surface area contributed by atoms with E-state index in [4.69, 9.17) is 11.6 Å². The Morgan fingerprint density at radius 1 is 1.22 bits per heavy atom. The molecule has 1 saturated carbocycles. The number of Topliss-reactive ketones (excluding diaryl/α,β-unsaturated/α-hetero) is 2. The molecule has 0 radical (unpaired) electrons. The number of nitrogens with zero attached hydrogens (tertiary/aromatic N) is 3. The predicted octanol–water partition coefficient (Wildman–Crippen LogP) is 3.60. The molecule has 0 bridgehead atoms. The average molecular weight is 451 g/mol. The lowest BCUT2D eigenvalue weighted by Gasteiger charge is -2.17. The summed E-state index contributed by atoms with van der Waals surface area (Å²) in [5, 5.41) is 7.53. The number of aryl methyl sites for hydroxylation is 2. The van der Waals surface area contributed by atoms with Gasteiger partial charge in [0, 0.05) is 31.3 Å². The second kappa shape index (κ2) is 9.04. The smallest absolute Gasteiger partial charge is 0.269 e. The lowest BCUT2D eigenvalue weighted by Crippen LogP contribution is -2.27. The summed E-state index contributed by atoms with van der Waals surface area (Å²) in [6.07, 6.45) is 5.42. The Labute approximate surface area is 190 Å². The molecule has 8 heteroatoms. The van der Waals surface area contributed by atoms with Gasteiger partial charge in [-0.2, -0.15) is 5.10 Å². The maximum atomic E-state index is 13.1. The van der Waals surface area contributed by atoms with Gasteiger partial charge in [0.1, 0.15) is 17.4 Å². The molecule has 2 atom stereocenters. The summed E-state index contributed by atoms with van der Waals surface area (Å²) in [6, 6.07) is 8.92. The number of nitrogens with one attached hydrogen (secondary N) is 1. The van der Waals surface area contributed by atoms with Crippen molar-refractivity contribution in [2.75, 3.05) is 6.54 Å². The Morgan fingerprint density at radius 3 is 2.59 bits per heavy atom. The van der Waals surface area contributed by atoms with Crippen molar-refractivity contribution in [2.45, 2.75) is 32.6 Å². The van der Waals surface area contributed by atoms with Crippen molar-refractivity contribution in [3.63, 3.8) is 0 Å². The lowest BCUT2D eigenvalue weighted by atomic mass is 9.87. The van der Waals surface area contributed by atoms with Gasteiger partial charge in [0.2, 0.25) is 0 Å². The SMILES string of the molecule is Cc1cc(-n2cc(Cl)cn2)cc(C)c1C1C(=O)C[C@@H](CCNC(=O)c2ccccn2)C1=O. The zero-order valence-electron chi connectivity index (χ0n) is 17.8. The number of halogens is 1. The van der Waals surface area contributed by atoms with E-state index in [0.717, 1.165) is 22.4 Å². The molecular formula is C24H23ClN4O3. The minimum atomic E-state index is -0.762. The number of pyridine rings is 1. The van der Waals surface area contributed by atoms with Crippen LogP contribution in [0.25, 0.3) is 5.69 Å². The highest BCUT2D eigenvalue weighted by Crippen LogP contribution is 2.37. The van der Waals surface area contributed by atoms with Crippen LogP contribution in [0, 0.1) is 19.8 Å². The number of rotatable bonds is 6. The molecule has 32 heavy (non-hydrogen) atoms. The van der Waals surface area contributed by atoms with E-state index in [1.54, 1.807) is 41.5 Å². The number of carbonyl (C=O) groups is 3. The molecule has 1 aliphatic carbocycles. The highest BCUT2D eigenvalue weighted by molar-refractivity contribution is 6.30. The highest BCUT2D eigenvalue weighted by atomic mass is 35.5. The van der Waals surface area contributed by atoms with E-state index in [-0.39, 0.29) is 23.9 Å². The number of amides is 1. The van der Waals surface area contributed by atoms with Gasteiger partial charge < -0.3 is 5.32 Å². The maximum Gasteiger partial charge on any atom is 0.269 e. The van der Waals surface area contributed by atoms with Crippen LogP contribution < -0.4 is 5.32 Å². The quantitative estimate of drug-likeness (QED) is 0.579. The number of aromatic nitrogens is 3. The van der Waals surface area contributed by atoms with E-state index in [1.807, 2.05) is 26.0 Å². The van der Waals surface area contributed by atoms with Crippen molar-refractivity contribution < 1.29 is 14.4 Å². The molecular weight excluding hydrogens is 428 g/mol. The molecule has 1 unspecified atom stereocenters. The zero-order chi connectivity index (χ0) is 22.8. The molecule has 0 saturated heterocycles. The molecule has 164 valence electrons. The first kappa shape index (κ1) is 21.9. The Bertz CT molecular complexity index is 1170. The minimum Gasteiger partial charge on any atom is -0.351 e. The van der Waals surface area contributed by atoms with Crippen molar-refractivity contribution in [2.24, 2.45) is 5.92 Å². The summed E-state index contributed by atoms with van der Waals surface area (Å²) >= 11 is 5.97. The van der Waals surface area contributed by atoms with Crippen LogP contribution in [0.1, 0.15) is 45.9 Å². The van der Waals surface area contributed by atoms with Crippen LogP contribution in [0.3, 0.4) is 0 Å². The van der Waals surface area contributed by atoms with E-state index < -0.39 is 11.8 Å². The maximum absolute atomic E-state index is 13.1. The number of hydrogen-bond donors (Lipinski definition) is 1. The summed E-state index contributed by atoms with van der Waals surface area (Å²) < 4.78 is 1.66. The van der Waals surface area contributed by atoms with E-state index in [1.165, 1.54) is 0 Å². The molecule has 1 amide bonds. The third kappa shape index (κ3) is 4.34. The van der Waals surface area contributed by atoms with Gasteiger partial charge in [-0.25, -0.2) is 4.68 Å². The Hall–Kier alpha value is -3.32. The Kier molecular flexibility index (Phi) is 6.19. The minimum absolute atomic E-state index is 0.0721. The van der Waals surface area contributed by atoms with Gasteiger partial charge in [-0.15, -0.1) is 0 Å². The molecule has 1 aromatic carbocycles. The van der Waals surface area contributed by atoms with E-state index >= 15 is 0 Å². The second-order valence-corrected chi connectivity index (χ2v) is 8.50. The first-order valence-corrected chi connectivity index (χ1v) is 10.8. The summed E-state index contributed by atoms with van der Waals surface area (Å²) in [7, 11) is 0. The topological polar surface area (TPSA) is 93.9 Å². The van der Waals surface area contributed by atoms with Crippen LogP contribution in [0.15, 0.2) is 48.9 Å². The molecule has 0 spiro atoms. The molecule has 2 heterocycles. The second-order valence-electron chi connectivity index (χ2n) is 8.06. The monoisotopic (exact) mass is 450 g/mol. The summed E-state index contributed by atoms with van der Waals surface area (Å²) in [5.41, 5.74) is 3.64. The Balaban J connectivity index is 1.46. The predicted molar refractivity (Wildman–Crippen MR) is 120 cm³/mol. The van der Waals surface area contributed by atoms with E-state index in [9.17, 15) is 14.4 Å². The molecule has 7 nitrogen and oxygen atoms in total. The number of hydrogen-bond acceptors (Lipinski definition) is 5. The van der Waals surface area contributed by atoms with E-state index in [0.29, 0.717) is 23.7 Å². The molecule has 0 aliphatic heterocycles. The first-order chi connectivity index (χ1) is 15.3. The molecule has 4 rings (SSSR count). The van der Waals surface area contributed by atoms with Gasteiger partial charge in [0.25, 0.3) is 5.91 Å². The fraction of sp³-hybridized carbons (Fsp3) is 0.292. The van der Waals surface area contributed by atoms with Crippen molar-refractivity contribution in [1.29, 1.82) is 0 Å². The molecule has 3 aromatic rings. The van der Waals surface area contributed by atoms with Crippen molar-refractivity contribution >= 4 is 29.1 Å². The van der Waals surface area contributed by atoms with Gasteiger partial charge in [-0.05, 0) is 61.2 Å². The summed E-state index contributed by atoms with van der Waals surface area (Å²) in [6.45, 7) is 4.11. The largest absolute Gasteiger partial charge is 0.351 e. The van der Waals surface area contributed by atoms with Gasteiger partial charge in [-0.1, -0.05) is 17.7 Å². The van der Waals surface area contributed by atoms with Gasteiger partial charge >= 0.3 is 0 Å². The normalized spacial score (nSPS) is 18.2. The summed E-state index contributed by atoms with van der Waals surface area (Å²) in [4.78, 5) is 42.1. The molecule has 1 N–H and O–H groups in total. The number of ketones is 2. The lowest BCUT2D eigenvalue weighted by molar-refractivity contribution is -0.124. The third-order valence-electron chi connectivity index (χ3n) is 5.82. The van der Waals surface area contributed by atoms with Crippen LogP contribution in [-0.4, -0.2) is 38.8 Å². The third-order valence-corrected chi connectivity index (χ3v) is 6.01. The molecule has 1 fully saturated rings. The average Bonchev–Trinajstić information content (AvgIpc) is 3.32. The van der Waals surface area contributed by atoms with Crippen molar-refractivity contribution in [3.05, 3.63) is 76.3 Å². The summed E-state index contributed by atoms with van der Waals surface area (Å²) in [5.74, 6) is -1.61. The van der Waals surface area contributed by atoms with Gasteiger partial charge in [-0.3, -0.25) is 19.4 Å². The first-order valence-electron chi connectivity index (χ1n) is 10.4. The van der Waals surface area contributed by atoms with Crippen molar-refractivity contribution in [1.82, 2.24) is 20.1 Å². The molecule has 2 aromatic heterocycles. The highest BCUT2D eigenvalue weighted by Gasteiger charge is 2.42. The van der Waals surface area contributed by atoms with E-state index in [2.05, 4.69) is 15.4 Å². The van der Waals surface area contributed by atoms with Crippen LogP contribution >= 0.6 is 11.6 Å². The van der Waals surface area contributed by atoms with Crippen LogP contribution in [0.2, 0.25) is 5.02 Å². The zero-order valence-corrected chi connectivity index (χ0v) is 18.6. The standard InChI is InChI=1S/C24H23ClN4O3/c1-14-9-18(29-13-17(25)12-28-29)10-15(2)21(14)22-20(30)11-16(23(22)31)6-8-27-24(32)19-5-3-4-7-26-19/h3-5,7,9-10,12-13,16,22H,6,8,11H2,1-2H3,(H,27,32)/t16-,22?/m1/s1.